The van der Waals surface area contributed by atoms with Crippen LogP contribution in [0.1, 0.15) is 0 Å². The van der Waals surface area contributed by atoms with Crippen molar-refractivity contribution in [1.82, 2.24) is 9.97 Å². The second-order valence-corrected chi connectivity index (χ2v) is 5.98. The van der Waals surface area contributed by atoms with Crippen LogP contribution >= 0.6 is 22.9 Å². The van der Waals surface area contributed by atoms with Crippen LogP contribution in [0.15, 0.2) is 34.0 Å². The third-order valence-corrected chi connectivity index (χ3v) is 4.54. The lowest BCUT2D eigenvalue weighted by Gasteiger charge is -2.03. The summed E-state index contributed by atoms with van der Waals surface area (Å²) in [5.74, 6) is -0.0408. The maximum absolute atomic E-state index is 11.8. The van der Waals surface area contributed by atoms with Crippen LogP contribution in [0, 0.1) is 0 Å². The highest BCUT2D eigenvalue weighted by atomic mass is 35.5. The Hall–Kier alpha value is -1.18. The first-order chi connectivity index (χ1) is 7.58. The first-order valence-corrected chi connectivity index (χ1v) is 6.87. The van der Waals surface area contributed by atoms with Gasteiger partial charge in [0, 0.05) is 6.20 Å². The third kappa shape index (κ3) is 2.49. The zero-order chi connectivity index (χ0) is 11.6. The lowest BCUT2D eigenvalue weighted by atomic mass is 10.7. The van der Waals surface area contributed by atoms with Gasteiger partial charge in [0.05, 0.1) is 0 Å². The Labute approximate surface area is 101 Å². The van der Waals surface area contributed by atoms with Crippen LogP contribution in [-0.4, -0.2) is 18.4 Å². The van der Waals surface area contributed by atoms with Gasteiger partial charge < -0.3 is 0 Å². The van der Waals surface area contributed by atoms with Gasteiger partial charge in [0.2, 0.25) is 5.95 Å². The maximum Gasteiger partial charge on any atom is 0.273 e. The summed E-state index contributed by atoms with van der Waals surface area (Å²) in [5, 5.41) is 1.85. The van der Waals surface area contributed by atoms with Crippen LogP contribution in [0.4, 0.5) is 5.95 Å². The molecule has 2 aromatic heterocycles. The van der Waals surface area contributed by atoms with Crippen molar-refractivity contribution in [2.24, 2.45) is 0 Å². The van der Waals surface area contributed by atoms with Crippen molar-refractivity contribution in [1.29, 1.82) is 0 Å². The third-order valence-electron chi connectivity index (χ3n) is 1.61. The molecular formula is C8H6ClN3O2S2. The van der Waals surface area contributed by atoms with Crippen molar-refractivity contribution in [3.8, 4) is 0 Å². The molecule has 2 rings (SSSR count). The summed E-state index contributed by atoms with van der Waals surface area (Å²) in [6.45, 7) is 0. The largest absolute Gasteiger partial charge is 0.273 e. The number of hydrogen-bond donors (Lipinski definition) is 1. The average Bonchev–Trinajstić information content (AvgIpc) is 2.69. The van der Waals surface area contributed by atoms with E-state index in [1.807, 2.05) is 0 Å². The number of nitrogens with one attached hydrogen (secondary N) is 1. The van der Waals surface area contributed by atoms with E-state index in [0.29, 0.717) is 0 Å². The summed E-state index contributed by atoms with van der Waals surface area (Å²) in [7, 11) is -3.60. The molecule has 0 aromatic carbocycles. The highest BCUT2D eigenvalue weighted by molar-refractivity contribution is 7.94. The Morgan fingerprint density at radius 3 is 2.81 bits per heavy atom. The SMILES string of the molecule is O=S(=O)(Nc1nccc(Cl)n1)c1cccs1. The summed E-state index contributed by atoms with van der Waals surface area (Å²) < 4.78 is 25.9. The lowest BCUT2D eigenvalue weighted by Crippen LogP contribution is -2.13. The standard InChI is InChI=1S/C8H6ClN3O2S2/c9-6-3-4-10-8(11-6)12-16(13,14)7-2-1-5-15-7/h1-5H,(H,10,11,12). The van der Waals surface area contributed by atoms with Gasteiger partial charge in [-0.3, -0.25) is 0 Å². The molecule has 1 N–H and O–H groups in total. The molecule has 0 amide bonds. The van der Waals surface area contributed by atoms with Gasteiger partial charge in [-0.25, -0.2) is 23.1 Å². The number of sulfonamides is 1. The Kier molecular flexibility index (Phi) is 3.08. The molecule has 0 unspecified atom stereocenters. The van der Waals surface area contributed by atoms with E-state index in [0.717, 1.165) is 11.3 Å². The van der Waals surface area contributed by atoms with E-state index in [1.165, 1.54) is 18.3 Å². The molecule has 84 valence electrons. The number of thiophene rings is 1. The molecule has 8 heteroatoms. The normalized spacial score (nSPS) is 11.3. The van der Waals surface area contributed by atoms with Crippen molar-refractivity contribution >= 4 is 38.9 Å². The molecule has 0 saturated heterocycles. The monoisotopic (exact) mass is 275 g/mol. The Balaban J connectivity index is 2.29. The van der Waals surface area contributed by atoms with Crippen molar-refractivity contribution in [2.45, 2.75) is 4.21 Å². The van der Waals surface area contributed by atoms with Crippen molar-refractivity contribution < 1.29 is 8.42 Å². The molecule has 0 aliphatic carbocycles. The molecule has 2 aromatic rings. The highest BCUT2D eigenvalue weighted by Crippen LogP contribution is 2.18. The second-order valence-electron chi connectivity index (χ2n) is 2.74. The number of halogens is 1. The van der Waals surface area contributed by atoms with E-state index in [9.17, 15) is 8.42 Å². The van der Waals surface area contributed by atoms with Crippen LogP contribution in [-0.2, 0) is 10.0 Å². The van der Waals surface area contributed by atoms with Crippen molar-refractivity contribution in [3.05, 3.63) is 34.9 Å². The van der Waals surface area contributed by atoms with E-state index >= 15 is 0 Å². The van der Waals surface area contributed by atoms with Crippen LogP contribution in [0.25, 0.3) is 0 Å². The van der Waals surface area contributed by atoms with E-state index in [1.54, 1.807) is 11.4 Å². The highest BCUT2D eigenvalue weighted by Gasteiger charge is 2.16. The number of anilines is 1. The van der Waals surface area contributed by atoms with Crippen LogP contribution in [0.3, 0.4) is 0 Å². The van der Waals surface area contributed by atoms with E-state index in [-0.39, 0.29) is 15.3 Å². The van der Waals surface area contributed by atoms with Crippen molar-refractivity contribution in [2.75, 3.05) is 4.72 Å². The first-order valence-electron chi connectivity index (χ1n) is 4.13. The van der Waals surface area contributed by atoms with Gasteiger partial charge in [-0.2, -0.15) is 0 Å². The van der Waals surface area contributed by atoms with Gasteiger partial charge >= 0.3 is 0 Å². The van der Waals surface area contributed by atoms with Gasteiger partial charge in [0.1, 0.15) is 9.36 Å². The zero-order valence-corrected chi connectivity index (χ0v) is 10.2. The maximum atomic E-state index is 11.8. The molecule has 0 fully saturated rings. The molecule has 0 radical (unpaired) electrons. The average molecular weight is 276 g/mol. The summed E-state index contributed by atoms with van der Waals surface area (Å²) >= 11 is 6.73. The molecule has 2 heterocycles. The minimum Gasteiger partial charge on any atom is -0.246 e. The smallest absolute Gasteiger partial charge is 0.246 e. The van der Waals surface area contributed by atoms with Crippen LogP contribution < -0.4 is 4.72 Å². The molecule has 0 aliphatic rings. The predicted octanol–water partition coefficient (Wildman–Crippen LogP) is 1.99. The minimum absolute atomic E-state index is 0.0408. The van der Waals surface area contributed by atoms with Gasteiger partial charge in [-0.1, -0.05) is 17.7 Å². The number of nitrogens with zero attached hydrogens (tertiary/aromatic N) is 2. The Morgan fingerprint density at radius 2 is 2.19 bits per heavy atom. The summed E-state index contributed by atoms with van der Waals surface area (Å²) in [6, 6.07) is 4.61. The van der Waals surface area contributed by atoms with Crippen LogP contribution in [0.2, 0.25) is 5.15 Å². The number of hydrogen-bond acceptors (Lipinski definition) is 5. The van der Waals surface area contributed by atoms with Crippen molar-refractivity contribution in [3.63, 3.8) is 0 Å². The molecule has 0 bridgehead atoms. The second kappa shape index (κ2) is 4.36. The topological polar surface area (TPSA) is 72.0 Å². The fraction of sp³-hybridized carbons (Fsp3) is 0. The number of rotatable bonds is 3. The van der Waals surface area contributed by atoms with Gasteiger partial charge in [-0.15, -0.1) is 11.3 Å². The first kappa shape index (κ1) is 11.3. The quantitative estimate of drug-likeness (QED) is 0.870. The van der Waals surface area contributed by atoms with Gasteiger partial charge in [-0.05, 0) is 17.5 Å². The lowest BCUT2D eigenvalue weighted by molar-refractivity contribution is 0.602. The zero-order valence-electron chi connectivity index (χ0n) is 7.79. The summed E-state index contributed by atoms with van der Waals surface area (Å²) in [4.78, 5) is 7.49. The predicted molar refractivity (Wildman–Crippen MR) is 62.2 cm³/mol. The van der Waals surface area contributed by atoms with Gasteiger partial charge in [0.25, 0.3) is 10.0 Å². The van der Waals surface area contributed by atoms with E-state index in [2.05, 4.69) is 14.7 Å². The van der Waals surface area contributed by atoms with E-state index in [4.69, 9.17) is 11.6 Å². The fourth-order valence-electron chi connectivity index (χ4n) is 0.973. The Morgan fingerprint density at radius 1 is 1.38 bits per heavy atom. The van der Waals surface area contributed by atoms with Gasteiger partial charge in [0.15, 0.2) is 0 Å². The molecular weight excluding hydrogens is 270 g/mol. The molecule has 5 nitrogen and oxygen atoms in total. The minimum atomic E-state index is -3.60. The van der Waals surface area contributed by atoms with Crippen LogP contribution in [0.5, 0.6) is 0 Å². The molecule has 0 saturated carbocycles. The molecule has 0 aliphatic heterocycles. The summed E-state index contributed by atoms with van der Waals surface area (Å²) in [6.07, 6.45) is 1.38. The Bertz CT molecular complexity index is 583. The molecule has 0 spiro atoms. The fourth-order valence-corrected chi connectivity index (χ4v) is 3.05. The summed E-state index contributed by atoms with van der Waals surface area (Å²) in [5.41, 5.74) is 0. The van der Waals surface area contributed by atoms with E-state index < -0.39 is 10.0 Å². The molecule has 0 atom stereocenters. The number of aromatic nitrogens is 2. The molecule has 16 heavy (non-hydrogen) atoms.